The van der Waals surface area contributed by atoms with E-state index >= 15 is 0 Å². The highest BCUT2D eigenvalue weighted by atomic mass is 16.6. The van der Waals surface area contributed by atoms with Crippen LogP contribution in [0.15, 0.2) is 0 Å². The first-order valence-corrected chi connectivity index (χ1v) is 29.3. The fourth-order valence-electron chi connectivity index (χ4n) is 9.02. The van der Waals surface area contributed by atoms with E-state index in [1.54, 1.807) is 0 Å². The first-order valence-electron chi connectivity index (χ1n) is 29.3. The van der Waals surface area contributed by atoms with Crippen LogP contribution in [0.1, 0.15) is 330 Å². The number of hydrogen-bond acceptors (Lipinski definition) is 6. The van der Waals surface area contributed by atoms with Gasteiger partial charge in [-0.15, -0.1) is 0 Å². The second-order valence-electron chi connectivity index (χ2n) is 21.0. The van der Waals surface area contributed by atoms with Crippen LogP contribution >= 0.6 is 0 Å². The lowest BCUT2D eigenvalue weighted by molar-refractivity contribution is -0.167. The Labute approximate surface area is 406 Å². The standard InChI is InChI=1S/C59H114O6/c1-6-8-9-10-11-12-13-17-24-29-34-39-44-49-57(60)63-52-56(65-59(62)51-46-41-36-31-26-21-16-18-22-27-32-37-42-47-54(3)4)53-64-58(61)50-45-40-35-30-25-20-15-14-19-23-28-33-38-43-48-55(5)7-2/h54-56H,6-53H2,1-5H3/t55?,56-/m1/s1. The number of esters is 3. The topological polar surface area (TPSA) is 78.9 Å². The Morgan fingerprint density at radius 3 is 0.877 bits per heavy atom. The maximum atomic E-state index is 12.9. The van der Waals surface area contributed by atoms with Crippen LogP contribution < -0.4 is 0 Å². The highest BCUT2D eigenvalue weighted by Gasteiger charge is 2.19. The van der Waals surface area contributed by atoms with Gasteiger partial charge in [-0.1, -0.05) is 291 Å². The molecule has 0 radical (unpaired) electrons. The van der Waals surface area contributed by atoms with Crippen molar-refractivity contribution in [3.05, 3.63) is 0 Å². The molecule has 6 heteroatoms. The maximum Gasteiger partial charge on any atom is 0.306 e. The van der Waals surface area contributed by atoms with E-state index < -0.39 is 6.10 Å². The molecule has 0 aliphatic carbocycles. The van der Waals surface area contributed by atoms with Crippen molar-refractivity contribution in [1.82, 2.24) is 0 Å². The fraction of sp³-hybridized carbons (Fsp3) is 0.949. The largest absolute Gasteiger partial charge is 0.462 e. The van der Waals surface area contributed by atoms with E-state index in [-0.39, 0.29) is 31.1 Å². The summed E-state index contributed by atoms with van der Waals surface area (Å²) in [5.41, 5.74) is 0. The van der Waals surface area contributed by atoms with E-state index in [1.807, 2.05) is 0 Å². The van der Waals surface area contributed by atoms with Crippen molar-refractivity contribution in [3.8, 4) is 0 Å². The third kappa shape index (κ3) is 51.6. The molecule has 0 N–H and O–H groups in total. The average molecular weight is 920 g/mol. The van der Waals surface area contributed by atoms with Gasteiger partial charge in [0.15, 0.2) is 6.10 Å². The van der Waals surface area contributed by atoms with Crippen LogP contribution in [0, 0.1) is 11.8 Å². The molecule has 0 aromatic heterocycles. The van der Waals surface area contributed by atoms with E-state index in [0.29, 0.717) is 19.3 Å². The minimum Gasteiger partial charge on any atom is -0.462 e. The average Bonchev–Trinajstić information content (AvgIpc) is 3.29. The molecule has 0 amide bonds. The van der Waals surface area contributed by atoms with Crippen LogP contribution in [0.4, 0.5) is 0 Å². The monoisotopic (exact) mass is 919 g/mol. The van der Waals surface area contributed by atoms with Gasteiger partial charge in [0.1, 0.15) is 13.2 Å². The number of rotatable bonds is 53. The maximum absolute atomic E-state index is 12.9. The molecule has 0 heterocycles. The van der Waals surface area contributed by atoms with Crippen LogP contribution in [0.25, 0.3) is 0 Å². The van der Waals surface area contributed by atoms with Crippen molar-refractivity contribution in [2.75, 3.05) is 13.2 Å². The van der Waals surface area contributed by atoms with Crippen LogP contribution in [0.2, 0.25) is 0 Å². The number of ether oxygens (including phenoxy) is 3. The summed E-state index contributed by atoms with van der Waals surface area (Å²) >= 11 is 0. The molecule has 0 spiro atoms. The zero-order valence-electron chi connectivity index (χ0n) is 44.6. The quantitative estimate of drug-likeness (QED) is 0.0344. The van der Waals surface area contributed by atoms with Crippen molar-refractivity contribution in [1.29, 1.82) is 0 Å². The lowest BCUT2D eigenvalue weighted by Gasteiger charge is -2.18. The first kappa shape index (κ1) is 63.4. The summed E-state index contributed by atoms with van der Waals surface area (Å²) in [7, 11) is 0. The zero-order valence-corrected chi connectivity index (χ0v) is 44.6. The van der Waals surface area contributed by atoms with E-state index in [4.69, 9.17) is 14.2 Å². The fourth-order valence-corrected chi connectivity index (χ4v) is 9.02. The Kier molecular flexibility index (Phi) is 50.5. The van der Waals surface area contributed by atoms with Crippen LogP contribution in [-0.2, 0) is 28.6 Å². The van der Waals surface area contributed by atoms with Crippen molar-refractivity contribution < 1.29 is 28.6 Å². The lowest BCUT2D eigenvalue weighted by atomic mass is 9.99. The highest BCUT2D eigenvalue weighted by molar-refractivity contribution is 5.71. The number of carbonyl (C=O) groups excluding carboxylic acids is 3. The summed E-state index contributed by atoms with van der Waals surface area (Å²) in [6, 6.07) is 0. The summed E-state index contributed by atoms with van der Waals surface area (Å²) in [6.07, 6.45) is 55.1. The molecular weight excluding hydrogens is 805 g/mol. The summed E-state index contributed by atoms with van der Waals surface area (Å²) in [4.78, 5) is 38.1. The molecule has 0 saturated carbocycles. The van der Waals surface area contributed by atoms with Gasteiger partial charge in [-0.2, -0.15) is 0 Å². The first-order chi connectivity index (χ1) is 31.8. The lowest BCUT2D eigenvalue weighted by Crippen LogP contribution is -2.30. The van der Waals surface area contributed by atoms with Gasteiger partial charge in [0.05, 0.1) is 0 Å². The zero-order chi connectivity index (χ0) is 47.5. The van der Waals surface area contributed by atoms with Crippen molar-refractivity contribution in [3.63, 3.8) is 0 Å². The van der Waals surface area contributed by atoms with Gasteiger partial charge in [0.2, 0.25) is 0 Å². The van der Waals surface area contributed by atoms with E-state index in [0.717, 1.165) is 69.6 Å². The molecule has 0 fully saturated rings. The summed E-state index contributed by atoms with van der Waals surface area (Å²) in [6.45, 7) is 11.5. The second kappa shape index (κ2) is 51.8. The van der Waals surface area contributed by atoms with Crippen LogP contribution in [-0.4, -0.2) is 37.2 Å². The summed E-state index contributed by atoms with van der Waals surface area (Å²) < 4.78 is 16.9. The van der Waals surface area contributed by atoms with Gasteiger partial charge in [-0.25, -0.2) is 0 Å². The Bertz CT molecular complexity index is 995. The molecule has 0 bridgehead atoms. The summed E-state index contributed by atoms with van der Waals surface area (Å²) in [5, 5.41) is 0. The molecule has 65 heavy (non-hydrogen) atoms. The number of unbranched alkanes of at least 4 members (excludes halogenated alkanes) is 37. The Morgan fingerprint density at radius 2 is 0.585 bits per heavy atom. The van der Waals surface area contributed by atoms with Crippen molar-refractivity contribution >= 4 is 17.9 Å². The number of carbonyl (C=O) groups is 3. The molecule has 6 nitrogen and oxygen atoms in total. The highest BCUT2D eigenvalue weighted by Crippen LogP contribution is 2.19. The molecule has 0 aliphatic heterocycles. The van der Waals surface area contributed by atoms with E-state index in [2.05, 4.69) is 34.6 Å². The molecule has 0 rings (SSSR count). The minimum atomic E-state index is -0.762. The van der Waals surface area contributed by atoms with Crippen LogP contribution in [0.3, 0.4) is 0 Å². The van der Waals surface area contributed by atoms with Gasteiger partial charge in [0, 0.05) is 19.3 Å². The molecular formula is C59H114O6. The van der Waals surface area contributed by atoms with Gasteiger partial charge in [-0.05, 0) is 31.1 Å². The van der Waals surface area contributed by atoms with Gasteiger partial charge < -0.3 is 14.2 Å². The predicted octanol–water partition coefficient (Wildman–Crippen LogP) is 19.3. The molecule has 386 valence electrons. The van der Waals surface area contributed by atoms with Gasteiger partial charge in [-0.3, -0.25) is 14.4 Å². The minimum absolute atomic E-state index is 0.0625. The Hall–Kier alpha value is -1.59. The summed E-state index contributed by atoms with van der Waals surface area (Å²) in [5.74, 6) is 0.896. The molecule has 0 aliphatic rings. The van der Waals surface area contributed by atoms with Gasteiger partial charge >= 0.3 is 17.9 Å². The molecule has 0 aromatic rings. The third-order valence-corrected chi connectivity index (χ3v) is 13.8. The SMILES string of the molecule is CCCCCCCCCCCCCCCC(=O)OC[C@H](COC(=O)CCCCCCCCCCCCCCCCC(C)CC)OC(=O)CCCCCCCCCCCCCCCC(C)C. The molecule has 0 saturated heterocycles. The Balaban J connectivity index is 4.29. The molecule has 2 atom stereocenters. The van der Waals surface area contributed by atoms with E-state index in [9.17, 15) is 14.4 Å². The van der Waals surface area contributed by atoms with Crippen LogP contribution in [0.5, 0.6) is 0 Å². The smallest absolute Gasteiger partial charge is 0.306 e. The normalized spacial score (nSPS) is 12.5. The third-order valence-electron chi connectivity index (χ3n) is 13.8. The van der Waals surface area contributed by atoms with Gasteiger partial charge in [0.25, 0.3) is 0 Å². The molecule has 0 aromatic carbocycles. The predicted molar refractivity (Wildman–Crippen MR) is 280 cm³/mol. The number of hydrogen-bond donors (Lipinski definition) is 0. The second-order valence-corrected chi connectivity index (χ2v) is 21.0. The molecule has 1 unspecified atom stereocenters. The van der Waals surface area contributed by atoms with Crippen molar-refractivity contribution in [2.24, 2.45) is 11.8 Å². The van der Waals surface area contributed by atoms with E-state index in [1.165, 1.54) is 218 Å². The Morgan fingerprint density at radius 1 is 0.323 bits per heavy atom. The van der Waals surface area contributed by atoms with Crippen molar-refractivity contribution in [2.45, 2.75) is 336 Å².